The Morgan fingerprint density at radius 3 is 2.50 bits per heavy atom. The smallest absolute Gasteiger partial charge is 0.348 e. The van der Waals surface area contributed by atoms with Gasteiger partial charge in [-0.25, -0.2) is 0 Å². The Labute approximate surface area is 145 Å². The van der Waals surface area contributed by atoms with E-state index < -0.39 is 10.1 Å². The number of hydrogen-bond acceptors (Lipinski definition) is 5. The third-order valence-electron chi connectivity index (χ3n) is 3.83. The van der Waals surface area contributed by atoms with Gasteiger partial charge in [-0.1, -0.05) is 24.3 Å². The lowest BCUT2D eigenvalue weighted by molar-refractivity contribution is -0.128. The fraction of sp³-hybridized carbons (Fsp3) is 0.235. The average molecular weight is 363 g/mol. The third kappa shape index (κ3) is 3.68. The van der Waals surface area contributed by atoms with Gasteiger partial charge in [-0.3, -0.25) is 4.79 Å². The predicted molar refractivity (Wildman–Crippen MR) is 93.4 cm³/mol. The SMILES string of the molecule is CC(=O)N1CC=C(c2ccc(OS(=O)(=O)c3cccs3)cc2)CC1. The van der Waals surface area contributed by atoms with Crippen LogP contribution in [0.4, 0.5) is 0 Å². The summed E-state index contributed by atoms with van der Waals surface area (Å²) in [7, 11) is -3.76. The van der Waals surface area contributed by atoms with Gasteiger partial charge < -0.3 is 9.08 Å². The molecule has 0 saturated carbocycles. The van der Waals surface area contributed by atoms with Crippen molar-refractivity contribution in [1.82, 2.24) is 4.90 Å². The number of carbonyl (C=O) groups excluding carboxylic acids is 1. The summed E-state index contributed by atoms with van der Waals surface area (Å²) in [6, 6.07) is 10.2. The second kappa shape index (κ2) is 6.78. The minimum Gasteiger partial charge on any atom is -0.378 e. The Kier molecular flexibility index (Phi) is 4.73. The van der Waals surface area contributed by atoms with Gasteiger partial charge in [0.1, 0.15) is 5.75 Å². The lowest BCUT2D eigenvalue weighted by Gasteiger charge is -2.25. The van der Waals surface area contributed by atoms with Crippen molar-refractivity contribution in [2.45, 2.75) is 17.6 Å². The molecular weight excluding hydrogens is 346 g/mol. The third-order valence-corrected chi connectivity index (χ3v) is 6.43. The molecule has 2 heterocycles. The van der Waals surface area contributed by atoms with Crippen LogP contribution in [0.25, 0.3) is 5.57 Å². The summed E-state index contributed by atoms with van der Waals surface area (Å²) < 4.78 is 29.5. The number of amides is 1. The zero-order valence-electron chi connectivity index (χ0n) is 13.1. The Balaban J connectivity index is 1.71. The fourth-order valence-electron chi connectivity index (χ4n) is 2.52. The largest absolute Gasteiger partial charge is 0.378 e. The fourth-order valence-corrected chi connectivity index (χ4v) is 4.40. The van der Waals surface area contributed by atoms with E-state index in [0.29, 0.717) is 13.1 Å². The van der Waals surface area contributed by atoms with Gasteiger partial charge >= 0.3 is 10.1 Å². The first-order valence-electron chi connectivity index (χ1n) is 7.49. The van der Waals surface area contributed by atoms with Crippen LogP contribution in [0.3, 0.4) is 0 Å². The summed E-state index contributed by atoms with van der Waals surface area (Å²) in [6.07, 6.45) is 2.82. The normalized spacial score (nSPS) is 15.0. The van der Waals surface area contributed by atoms with Gasteiger partial charge in [-0.2, -0.15) is 8.42 Å². The van der Waals surface area contributed by atoms with E-state index >= 15 is 0 Å². The molecule has 0 atom stereocenters. The quantitative estimate of drug-likeness (QED) is 0.783. The van der Waals surface area contributed by atoms with Crippen molar-refractivity contribution in [3.63, 3.8) is 0 Å². The molecular formula is C17H17NO4S2. The molecule has 2 aromatic rings. The zero-order valence-corrected chi connectivity index (χ0v) is 14.8. The topological polar surface area (TPSA) is 63.7 Å². The van der Waals surface area contributed by atoms with Gasteiger partial charge in [0.15, 0.2) is 4.21 Å². The summed E-state index contributed by atoms with van der Waals surface area (Å²) in [4.78, 5) is 13.1. The highest BCUT2D eigenvalue weighted by Gasteiger charge is 2.18. The molecule has 1 aromatic heterocycles. The lowest BCUT2D eigenvalue weighted by atomic mass is 9.99. The van der Waals surface area contributed by atoms with E-state index in [-0.39, 0.29) is 15.9 Å². The van der Waals surface area contributed by atoms with Crippen molar-refractivity contribution in [1.29, 1.82) is 0 Å². The van der Waals surface area contributed by atoms with Crippen molar-refractivity contribution < 1.29 is 17.4 Å². The van der Waals surface area contributed by atoms with E-state index in [4.69, 9.17) is 4.18 Å². The molecule has 0 spiro atoms. The van der Waals surface area contributed by atoms with E-state index in [1.54, 1.807) is 35.4 Å². The molecule has 0 aliphatic carbocycles. The highest BCUT2D eigenvalue weighted by Crippen LogP contribution is 2.26. The first-order chi connectivity index (χ1) is 11.5. The molecule has 126 valence electrons. The first-order valence-corrected chi connectivity index (χ1v) is 9.77. The van der Waals surface area contributed by atoms with Crippen molar-refractivity contribution in [2.75, 3.05) is 13.1 Å². The molecule has 0 radical (unpaired) electrons. The highest BCUT2D eigenvalue weighted by molar-refractivity contribution is 7.89. The molecule has 0 unspecified atom stereocenters. The Morgan fingerprint density at radius 1 is 1.21 bits per heavy atom. The van der Waals surface area contributed by atoms with E-state index in [1.807, 2.05) is 18.2 Å². The minimum absolute atomic E-state index is 0.0767. The average Bonchev–Trinajstić information content (AvgIpc) is 3.11. The predicted octanol–water partition coefficient (Wildman–Crippen LogP) is 3.15. The van der Waals surface area contributed by atoms with Crippen LogP contribution < -0.4 is 4.18 Å². The van der Waals surface area contributed by atoms with Gasteiger partial charge in [-0.15, -0.1) is 11.3 Å². The molecule has 0 fully saturated rings. The molecule has 7 heteroatoms. The van der Waals surface area contributed by atoms with Crippen molar-refractivity contribution in [3.05, 3.63) is 53.4 Å². The van der Waals surface area contributed by atoms with Crippen LogP contribution in [0.15, 0.2) is 52.1 Å². The maximum absolute atomic E-state index is 12.1. The summed E-state index contributed by atoms with van der Waals surface area (Å²) in [5, 5.41) is 1.69. The number of benzene rings is 1. The number of nitrogens with zero attached hydrogens (tertiary/aromatic N) is 1. The highest BCUT2D eigenvalue weighted by atomic mass is 32.3. The summed E-state index contributed by atoms with van der Waals surface area (Å²) in [5.74, 6) is 0.363. The number of hydrogen-bond donors (Lipinski definition) is 0. The summed E-state index contributed by atoms with van der Waals surface area (Å²) in [5.41, 5.74) is 2.17. The Bertz CT molecular complexity index is 853. The van der Waals surface area contributed by atoms with Crippen LogP contribution in [0.1, 0.15) is 18.9 Å². The van der Waals surface area contributed by atoms with E-state index in [2.05, 4.69) is 0 Å². The number of carbonyl (C=O) groups is 1. The molecule has 0 bridgehead atoms. The van der Waals surface area contributed by atoms with Crippen LogP contribution in [-0.2, 0) is 14.9 Å². The summed E-state index contributed by atoms with van der Waals surface area (Å²) >= 11 is 1.12. The van der Waals surface area contributed by atoms with Gasteiger partial charge in [0.2, 0.25) is 5.91 Å². The van der Waals surface area contributed by atoms with Gasteiger partial charge in [-0.05, 0) is 41.1 Å². The molecule has 0 N–H and O–H groups in total. The van der Waals surface area contributed by atoms with Crippen LogP contribution in [0.5, 0.6) is 5.75 Å². The molecule has 24 heavy (non-hydrogen) atoms. The van der Waals surface area contributed by atoms with Crippen LogP contribution in [-0.4, -0.2) is 32.3 Å². The lowest BCUT2D eigenvalue weighted by Crippen LogP contribution is -2.32. The van der Waals surface area contributed by atoms with Gasteiger partial charge in [0, 0.05) is 20.0 Å². The Morgan fingerprint density at radius 2 is 1.96 bits per heavy atom. The monoisotopic (exact) mass is 363 g/mol. The zero-order chi connectivity index (χ0) is 17.2. The van der Waals surface area contributed by atoms with Gasteiger partial charge in [0.25, 0.3) is 0 Å². The minimum atomic E-state index is -3.76. The molecule has 1 aliphatic rings. The van der Waals surface area contributed by atoms with Crippen molar-refractivity contribution in [3.8, 4) is 5.75 Å². The summed E-state index contributed by atoms with van der Waals surface area (Å²) in [6.45, 7) is 2.88. The number of rotatable bonds is 4. The Hall–Kier alpha value is -2.12. The molecule has 1 aliphatic heterocycles. The maximum Gasteiger partial charge on any atom is 0.348 e. The van der Waals surface area contributed by atoms with E-state index in [9.17, 15) is 13.2 Å². The van der Waals surface area contributed by atoms with Crippen LogP contribution in [0, 0.1) is 0 Å². The standard InChI is InChI=1S/C17H17NO4S2/c1-13(19)18-10-8-15(9-11-18)14-4-6-16(7-5-14)22-24(20,21)17-3-2-12-23-17/h2-8,12H,9-11H2,1H3. The molecule has 3 rings (SSSR count). The molecule has 1 amide bonds. The van der Waals surface area contributed by atoms with Crippen molar-refractivity contribution >= 4 is 32.9 Å². The molecule has 5 nitrogen and oxygen atoms in total. The van der Waals surface area contributed by atoms with E-state index in [0.717, 1.165) is 28.9 Å². The second-order valence-corrected chi connectivity index (χ2v) is 8.16. The molecule has 0 saturated heterocycles. The van der Waals surface area contributed by atoms with Gasteiger partial charge in [0.05, 0.1) is 0 Å². The van der Waals surface area contributed by atoms with Crippen LogP contribution >= 0.6 is 11.3 Å². The second-order valence-electron chi connectivity index (χ2n) is 5.44. The maximum atomic E-state index is 12.1. The van der Waals surface area contributed by atoms with E-state index in [1.165, 1.54) is 6.07 Å². The van der Waals surface area contributed by atoms with Crippen LogP contribution in [0.2, 0.25) is 0 Å². The number of thiophene rings is 1. The first kappa shape index (κ1) is 16.7. The molecule has 1 aromatic carbocycles. The van der Waals surface area contributed by atoms with Crippen molar-refractivity contribution in [2.24, 2.45) is 0 Å².